The van der Waals surface area contributed by atoms with Crippen LogP contribution < -0.4 is 0 Å². The van der Waals surface area contributed by atoms with Gasteiger partial charge in [0.15, 0.2) is 0 Å². The molecule has 1 amide bonds. The van der Waals surface area contributed by atoms with Crippen molar-refractivity contribution in [1.29, 1.82) is 0 Å². The number of hydrogen-bond donors (Lipinski definition) is 0. The maximum atomic E-state index is 12.4. The van der Waals surface area contributed by atoms with Crippen LogP contribution in [0.3, 0.4) is 0 Å². The molecule has 5 heteroatoms. The minimum Gasteiger partial charge on any atom is -0.372 e. The molecule has 0 saturated carbocycles. The molecule has 1 aliphatic rings. The first-order chi connectivity index (χ1) is 10.6. The lowest BCUT2D eigenvalue weighted by atomic mass is 10.2. The van der Waals surface area contributed by atoms with E-state index >= 15 is 0 Å². The Labute approximate surface area is 134 Å². The summed E-state index contributed by atoms with van der Waals surface area (Å²) in [5, 5.41) is 3.17. The largest absolute Gasteiger partial charge is 0.372 e. The predicted molar refractivity (Wildman–Crippen MR) is 89.1 cm³/mol. The van der Waals surface area contributed by atoms with Crippen LogP contribution in [0.5, 0.6) is 0 Å². The summed E-state index contributed by atoms with van der Waals surface area (Å²) in [6.45, 7) is 5.37. The zero-order valence-corrected chi connectivity index (χ0v) is 13.7. The van der Waals surface area contributed by atoms with Crippen molar-refractivity contribution in [3.05, 3.63) is 36.5 Å². The number of ether oxygens (including phenoxy) is 1. The number of hydrogen-bond acceptors (Lipinski definition) is 4. The molecule has 22 heavy (non-hydrogen) atoms. The fourth-order valence-electron chi connectivity index (χ4n) is 2.81. The summed E-state index contributed by atoms with van der Waals surface area (Å²) in [6, 6.07) is 10.1. The topological polar surface area (TPSA) is 42.4 Å². The van der Waals surface area contributed by atoms with E-state index in [4.69, 9.17) is 4.74 Å². The third kappa shape index (κ3) is 3.42. The lowest BCUT2D eigenvalue weighted by Gasteiger charge is -2.35. The van der Waals surface area contributed by atoms with Gasteiger partial charge in [-0.2, -0.15) is 0 Å². The van der Waals surface area contributed by atoms with E-state index in [0.717, 1.165) is 15.8 Å². The number of rotatable bonds is 3. The Hall–Kier alpha value is -1.59. The fraction of sp³-hybridized carbons (Fsp3) is 0.412. The second-order valence-electron chi connectivity index (χ2n) is 5.68. The Morgan fingerprint density at radius 2 is 2.00 bits per heavy atom. The smallest absolute Gasteiger partial charge is 0.233 e. The van der Waals surface area contributed by atoms with E-state index in [2.05, 4.69) is 11.1 Å². The molecule has 0 N–H and O–H groups in total. The second kappa shape index (κ2) is 6.67. The summed E-state index contributed by atoms with van der Waals surface area (Å²) in [7, 11) is 0. The Kier molecular flexibility index (Phi) is 4.64. The highest BCUT2D eigenvalue weighted by atomic mass is 32.2. The summed E-state index contributed by atoms with van der Waals surface area (Å²) in [6.07, 6.45) is 2.01. The maximum absolute atomic E-state index is 12.4. The van der Waals surface area contributed by atoms with Gasteiger partial charge in [0.2, 0.25) is 5.91 Å². The highest BCUT2D eigenvalue weighted by molar-refractivity contribution is 8.00. The molecule has 2 atom stereocenters. The van der Waals surface area contributed by atoms with Crippen molar-refractivity contribution in [2.24, 2.45) is 0 Å². The number of aromatic nitrogens is 1. The Morgan fingerprint density at radius 3 is 2.77 bits per heavy atom. The molecular formula is C17H20N2O2S. The van der Waals surface area contributed by atoms with Crippen molar-refractivity contribution in [1.82, 2.24) is 9.88 Å². The van der Waals surface area contributed by atoms with Gasteiger partial charge in [-0.15, -0.1) is 0 Å². The van der Waals surface area contributed by atoms with Crippen LogP contribution in [-0.2, 0) is 9.53 Å². The Morgan fingerprint density at radius 1 is 1.27 bits per heavy atom. The van der Waals surface area contributed by atoms with Gasteiger partial charge in [0.05, 0.1) is 18.0 Å². The summed E-state index contributed by atoms with van der Waals surface area (Å²) in [5.41, 5.74) is 0. The molecular weight excluding hydrogens is 296 g/mol. The minimum atomic E-state index is 0.105. The quantitative estimate of drug-likeness (QED) is 0.817. The van der Waals surface area contributed by atoms with E-state index in [1.165, 1.54) is 11.8 Å². The van der Waals surface area contributed by atoms with Crippen LogP contribution in [0.4, 0.5) is 0 Å². The molecule has 1 aliphatic heterocycles. The summed E-state index contributed by atoms with van der Waals surface area (Å²) < 4.78 is 5.67. The summed E-state index contributed by atoms with van der Waals surface area (Å²) >= 11 is 1.51. The number of nitrogens with zero attached hydrogens (tertiary/aromatic N) is 2. The van der Waals surface area contributed by atoms with Crippen molar-refractivity contribution >= 4 is 28.4 Å². The molecule has 0 radical (unpaired) electrons. The fourth-order valence-corrected chi connectivity index (χ4v) is 3.73. The van der Waals surface area contributed by atoms with Crippen LogP contribution in [0.1, 0.15) is 13.8 Å². The van der Waals surface area contributed by atoms with Gasteiger partial charge in [0.1, 0.15) is 5.03 Å². The average molecular weight is 316 g/mol. The number of pyridine rings is 1. The van der Waals surface area contributed by atoms with E-state index < -0.39 is 0 Å². The molecule has 1 aromatic heterocycles. The number of fused-ring (bicyclic) bond motifs is 1. The van der Waals surface area contributed by atoms with Crippen LogP contribution in [0.2, 0.25) is 0 Å². The van der Waals surface area contributed by atoms with Crippen molar-refractivity contribution < 1.29 is 9.53 Å². The standard InChI is InChI=1S/C17H20N2O2S/c1-12-9-19(10-13(2)21-12)16(20)11-22-17-15-6-4-3-5-14(15)7-8-18-17/h3-8,12-13H,9-11H2,1-2H3/t12-,13+. The van der Waals surface area contributed by atoms with E-state index in [1.54, 1.807) is 6.20 Å². The lowest BCUT2D eigenvalue weighted by molar-refractivity contribution is -0.140. The highest BCUT2D eigenvalue weighted by Gasteiger charge is 2.25. The molecule has 116 valence electrons. The molecule has 0 bridgehead atoms. The summed E-state index contributed by atoms with van der Waals surface area (Å²) in [4.78, 5) is 18.7. The van der Waals surface area contributed by atoms with Crippen LogP contribution in [-0.4, -0.2) is 46.8 Å². The highest BCUT2D eigenvalue weighted by Crippen LogP contribution is 2.26. The number of carbonyl (C=O) groups is 1. The van der Waals surface area contributed by atoms with Gasteiger partial charge in [-0.3, -0.25) is 4.79 Å². The third-order valence-electron chi connectivity index (χ3n) is 3.74. The van der Waals surface area contributed by atoms with Crippen LogP contribution in [0.15, 0.2) is 41.6 Å². The normalized spacial score (nSPS) is 22.0. The number of benzene rings is 1. The molecule has 3 rings (SSSR count). The second-order valence-corrected chi connectivity index (χ2v) is 6.65. The van der Waals surface area contributed by atoms with Crippen LogP contribution >= 0.6 is 11.8 Å². The van der Waals surface area contributed by atoms with E-state index in [-0.39, 0.29) is 18.1 Å². The van der Waals surface area contributed by atoms with Crippen molar-refractivity contribution in [2.75, 3.05) is 18.8 Å². The predicted octanol–water partition coefficient (Wildman–Crippen LogP) is 2.96. The first-order valence-electron chi connectivity index (χ1n) is 7.53. The zero-order chi connectivity index (χ0) is 15.5. The van der Waals surface area contributed by atoms with E-state index in [1.807, 2.05) is 43.0 Å². The molecule has 2 aromatic rings. The monoisotopic (exact) mass is 316 g/mol. The lowest BCUT2D eigenvalue weighted by Crippen LogP contribution is -2.48. The Bertz CT molecular complexity index is 661. The average Bonchev–Trinajstić information content (AvgIpc) is 2.51. The first-order valence-corrected chi connectivity index (χ1v) is 8.52. The first kappa shape index (κ1) is 15.3. The number of thioether (sulfide) groups is 1. The Balaban J connectivity index is 1.67. The van der Waals surface area contributed by atoms with E-state index in [0.29, 0.717) is 18.8 Å². The van der Waals surface area contributed by atoms with Gasteiger partial charge in [0, 0.05) is 24.7 Å². The SMILES string of the molecule is C[C@@H]1CN(C(=O)CSc2nccc3ccccc23)C[C@H](C)O1. The zero-order valence-electron chi connectivity index (χ0n) is 12.9. The molecule has 0 spiro atoms. The molecule has 1 fully saturated rings. The molecule has 0 aliphatic carbocycles. The maximum Gasteiger partial charge on any atom is 0.233 e. The van der Waals surface area contributed by atoms with Crippen molar-refractivity contribution in [2.45, 2.75) is 31.1 Å². The van der Waals surface area contributed by atoms with Crippen LogP contribution in [0, 0.1) is 0 Å². The molecule has 0 unspecified atom stereocenters. The van der Waals surface area contributed by atoms with Gasteiger partial charge >= 0.3 is 0 Å². The number of amides is 1. The van der Waals surface area contributed by atoms with Gasteiger partial charge in [0.25, 0.3) is 0 Å². The number of carbonyl (C=O) groups excluding carboxylic acids is 1. The molecule has 2 heterocycles. The third-order valence-corrected chi connectivity index (χ3v) is 4.73. The number of morpholine rings is 1. The van der Waals surface area contributed by atoms with Crippen molar-refractivity contribution in [3.8, 4) is 0 Å². The van der Waals surface area contributed by atoms with Crippen molar-refractivity contribution in [3.63, 3.8) is 0 Å². The molecule has 1 saturated heterocycles. The van der Waals surface area contributed by atoms with Gasteiger partial charge in [-0.25, -0.2) is 4.98 Å². The molecule has 1 aromatic carbocycles. The molecule has 4 nitrogen and oxygen atoms in total. The van der Waals surface area contributed by atoms with Gasteiger partial charge in [-0.05, 0) is 25.3 Å². The van der Waals surface area contributed by atoms with Gasteiger partial charge < -0.3 is 9.64 Å². The van der Waals surface area contributed by atoms with Crippen LogP contribution in [0.25, 0.3) is 10.8 Å². The minimum absolute atomic E-state index is 0.105. The van der Waals surface area contributed by atoms with E-state index in [9.17, 15) is 4.79 Å². The van der Waals surface area contributed by atoms with Gasteiger partial charge in [-0.1, -0.05) is 36.0 Å². The summed E-state index contributed by atoms with van der Waals surface area (Å²) in [5.74, 6) is 0.571.